The summed E-state index contributed by atoms with van der Waals surface area (Å²) < 4.78 is 0. The van der Waals surface area contributed by atoms with Gasteiger partial charge in [-0.15, -0.1) is 0 Å². The van der Waals surface area contributed by atoms with Crippen molar-refractivity contribution in [2.24, 2.45) is 11.7 Å². The Morgan fingerprint density at radius 2 is 1.65 bits per heavy atom. The molecule has 9 nitrogen and oxygen atoms in total. The number of hydrogen-bond acceptors (Lipinski definition) is 7. The van der Waals surface area contributed by atoms with Crippen LogP contribution < -0.4 is 21.7 Å². The number of nitrogens with two attached hydrogens (primary N) is 1. The van der Waals surface area contributed by atoms with E-state index >= 15 is 0 Å². The molecular formula is C23H36N4O5S2. The van der Waals surface area contributed by atoms with Gasteiger partial charge < -0.3 is 26.8 Å². The first-order chi connectivity index (χ1) is 16.1. The Hall–Kier alpha value is -2.24. The summed E-state index contributed by atoms with van der Waals surface area (Å²) in [5, 5.41) is 17.4. The average Bonchev–Trinajstić information content (AvgIpc) is 2.79. The van der Waals surface area contributed by atoms with Crippen molar-refractivity contribution in [1.82, 2.24) is 16.0 Å². The highest BCUT2D eigenvalue weighted by Gasteiger charge is 2.31. The molecule has 1 aromatic carbocycles. The van der Waals surface area contributed by atoms with Crippen LogP contribution in [0.5, 0.6) is 0 Å². The predicted molar refractivity (Wildman–Crippen MR) is 138 cm³/mol. The van der Waals surface area contributed by atoms with Crippen LogP contribution in [0.4, 0.5) is 0 Å². The van der Waals surface area contributed by atoms with Crippen molar-refractivity contribution in [3.63, 3.8) is 0 Å². The van der Waals surface area contributed by atoms with Crippen LogP contribution in [0.25, 0.3) is 0 Å². The molecule has 0 radical (unpaired) electrons. The monoisotopic (exact) mass is 512 g/mol. The van der Waals surface area contributed by atoms with Gasteiger partial charge in [-0.2, -0.15) is 24.4 Å². The summed E-state index contributed by atoms with van der Waals surface area (Å²) in [5.74, 6) is -2.03. The minimum Gasteiger partial charge on any atom is -0.480 e. The number of aliphatic carboxylic acids is 1. The lowest BCUT2D eigenvalue weighted by molar-refractivity contribution is -0.142. The van der Waals surface area contributed by atoms with Crippen LogP contribution in [0, 0.1) is 5.92 Å². The van der Waals surface area contributed by atoms with Gasteiger partial charge in [-0.25, -0.2) is 4.79 Å². The molecule has 0 bridgehead atoms. The van der Waals surface area contributed by atoms with Gasteiger partial charge in [0.05, 0.1) is 0 Å². The molecule has 0 aliphatic carbocycles. The van der Waals surface area contributed by atoms with Crippen LogP contribution in [0.15, 0.2) is 30.3 Å². The molecule has 3 amide bonds. The van der Waals surface area contributed by atoms with Gasteiger partial charge in [-0.05, 0) is 29.9 Å². The zero-order chi connectivity index (χ0) is 25.7. The Kier molecular flexibility index (Phi) is 13.7. The molecule has 0 aliphatic heterocycles. The molecule has 0 fully saturated rings. The van der Waals surface area contributed by atoms with Gasteiger partial charge in [0.15, 0.2) is 0 Å². The fraction of sp³-hybridized carbons (Fsp3) is 0.565. The van der Waals surface area contributed by atoms with Crippen LogP contribution in [-0.2, 0) is 25.6 Å². The summed E-state index contributed by atoms with van der Waals surface area (Å²) in [4.78, 5) is 50.1. The standard InChI is InChI=1S/C23H36N4O5S2/c1-14(2)20(27-19(28)12-16(24)13-33)22(30)26-18(11-15-7-5-4-6-8-15)21(29)25-17(23(31)32)9-10-34-3/h4-8,14,16-18,20,33H,9-13,24H2,1-3H3,(H,25,29)(H,26,30)(H,27,28)(H,31,32)/t16-,17-,18-,20-/m0/s1. The summed E-state index contributed by atoms with van der Waals surface area (Å²) in [7, 11) is 0. The van der Waals surface area contributed by atoms with Crippen molar-refractivity contribution >= 4 is 48.1 Å². The van der Waals surface area contributed by atoms with Crippen molar-refractivity contribution in [3.8, 4) is 0 Å². The first kappa shape index (κ1) is 29.8. The number of rotatable bonds is 15. The van der Waals surface area contributed by atoms with Crippen molar-refractivity contribution in [2.45, 2.75) is 57.3 Å². The number of benzene rings is 1. The maximum absolute atomic E-state index is 13.1. The van der Waals surface area contributed by atoms with E-state index in [2.05, 4.69) is 28.6 Å². The van der Waals surface area contributed by atoms with Gasteiger partial charge in [0, 0.05) is 24.6 Å². The second kappa shape index (κ2) is 15.6. The number of nitrogens with one attached hydrogen (secondary N) is 3. The van der Waals surface area contributed by atoms with Crippen molar-refractivity contribution < 1.29 is 24.3 Å². The van der Waals surface area contributed by atoms with E-state index in [0.29, 0.717) is 11.5 Å². The van der Waals surface area contributed by atoms with Gasteiger partial charge in [-0.1, -0.05) is 44.2 Å². The summed E-state index contributed by atoms with van der Waals surface area (Å²) in [5.41, 5.74) is 6.57. The number of carboxylic acids is 1. The third kappa shape index (κ3) is 10.8. The van der Waals surface area contributed by atoms with Crippen molar-refractivity contribution in [1.29, 1.82) is 0 Å². The second-order valence-electron chi connectivity index (χ2n) is 8.37. The summed E-state index contributed by atoms with van der Waals surface area (Å²) in [6, 6.07) is 5.66. The van der Waals surface area contributed by atoms with E-state index in [-0.39, 0.29) is 31.1 Å². The SMILES string of the molecule is CSCC[C@H](NC(=O)[C@H](Cc1ccccc1)NC(=O)[C@@H](NC(=O)C[C@H](N)CS)C(C)C)C(=O)O. The second-order valence-corrected chi connectivity index (χ2v) is 9.72. The lowest BCUT2D eigenvalue weighted by Gasteiger charge is -2.26. The first-order valence-electron chi connectivity index (χ1n) is 11.1. The Morgan fingerprint density at radius 1 is 1.03 bits per heavy atom. The molecule has 0 unspecified atom stereocenters. The smallest absolute Gasteiger partial charge is 0.326 e. The predicted octanol–water partition coefficient (Wildman–Crippen LogP) is 0.824. The van der Waals surface area contributed by atoms with E-state index in [1.165, 1.54) is 11.8 Å². The number of thioether (sulfide) groups is 1. The number of carboxylic acid groups (broad SMARTS) is 1. The molecule has 190 valence electrons. The number of carbonyl (C=O) groups is 4. The molecule has 0 aromatic heterocycles. The highest BCUT2D eigenvalue weighted by atomic mass is 32.2. The van der Waals surface area contributed by atoms with Crippen LogP contribution in [-0.4, -0.2) is 70.7 Å². The molecule has 0 saturated carbocycles. The molecule has 0 spiro atoms. The van der Waals surface area contributed by atoms with Gasteiger partial charge >= 0.3 is 5.97 Å². The fourth-order valence-electron chi connectivity index (χ4n) is 3.16. The lowest BCUT2D eigenvalue weighted by atomic mass is 10.0. The number of hydrogen-bond donors (Lipinski definition) is 6. The summed E-state index contributed by atoms with van der Waals surface area (Å²) in [6.45, 7) is 3.55. The summed E-state index contributed by atoms with van der Waals surface area (Å²) in [6.07, 6.45) is 2.28. The van der Waals surface area contributed by atoms with Crippen LogP contribution in [0.1, 0.15) is 32.3 Å². The molecule has 34 heavy (non-hydrogen) atoms. The molecule has 6 N–H and O–H groups in total. The van der Waals surface area contributed by atoms with E-state index in [1.807, 2.05) is 36.6 Å². The highest BCUT2D eigenvalue weighted by Crippen LogP contribution is 2.09. The summed E-state index contributed by atoms with van der Waals surface area (Å²) >= 11 is 5.54. The minimum absolute atomic E-state index is 0.0175. The van der Waals surface area contributed by atoms with Crippen molar-refractivity contribution in [3.05, 3.63) is 35.9 Å². The van der Waals surface area contributed by atoms with Crippen molar-refractivity contribution in [2.75, 3.05) is 17.8 Å². The van der Waals surface area contributed by atoms with Gasteiger partial charge in [0.2, 0.25) is 17.7 Å². The number of thiol groups is 1. The molecule has 1 rings (SSSR count). The van der Waals surface area contributed by atoms with E-state index < -0.39 is 42.0 Å². The fourth-order valence-corrected chi connectivity index (χ4v) is 3.76. The Labute approximate surface area is 210 Å². The first-order valence-corrected chi connectivity index (χ1v) is 13.1. The molecule has 0 heterocycles. The third-order valence-electron chi connectivity index (χ3n) is 5.09. The Bertz CT molecular complexity index is 810. The molecule has 1 aromatic rings. The molecule has 0 aliphatic rings. The topological polar surface area (TPSA) is 151 Å². The Morgan fingerprint density at radius 3 is 2.18 bits per heavy atom. The molecular weight excluding hydrogens is 476 g/mol. The molecule has 4 atom stereocenters. The van der Waals surface area contributed by atoms with E-state index in [4.69, 9.17) is 5.73 Å². The third-order valence-corrected chi connectivity index (χ3v) is 6.20. The van der Waals surface area contributed by atoms with Crippen LogP contribution in [0.2, 0.25) is 0 Å². The van der Waals surface area contributed by atoms with Crippen LogP contribution in [0.3, 0.4) is 0 Å². The van der Waals surface area contributed by atoms with Gasteiger partial charge in [0.1, 0.15) is 18.1 Å². The number of amides is 3. The van der Waals surface area contributed by atoms with E-state index in [1.54, 1.807) is 13.8 Å². The highest BCUT2D eigenvalue weighted by molar-refractivity contribution is 7.98. The Balaban J connectivity index is 3.03. The average molecular weight is 513 g/mol. The zero-order valence-corrected chi connectivity index (χ0v) is 21.5. The maximum atomic E-state index is 13.1. The van der Waals surface area contributed by atoms with Crippen LogP contribution >= 0.6 is 24.4 Å². The van der Waals surface area contributed by atoms with E-state index in [9.17, 15) is 24.3 Å². The molecule has 0 saturated heterocycles. The van der Waals surface area contributed by atoms with E-state index in [0.717, 1.165) is 5.56 Å². The minimum atomic E-state index is -1.14. The normalized spacial score (nSPS) is 14.5. The van der Waals surface area contributed by atoms with Gasteiger partial charge in [-0.3, -0.25) is 14.4 Å². The zero-order valence-electron chi connectivity index (χ0n) is 19.8. The quantitative estimate of drug-likeness (QED) is 0.190. The lowest BCUT2D eigenvalue weighted by Crippen LogP contribution is -2.57. The van der Waals surface area contributed by atoms with Gasteiger partial charge in [0.25, 0.3) is 0 Å². The molecule has 11 heteroatoms. The maximum Gasteiger partial charge on any atom is 0.326 e. The number of carbonyl (C=O) groups excluding carboxylic acids is 3. The largest absolute Gasteiger partial charge is 0.480 e.